The molecule has 27 heavy (non-hydrogen) atoms. The topological polar surface area (TPSA) is 60.4 Å². The zero-order chi connectivity index (χ0) is 20.1. The summed E-state index contributed by atoms with van der Waals surface area (Å²) in [5.74, 6) is -1.88. The number of carbonyl (C=O) groups excluding carboxylic acids is 1. The minimum Gasteiger partial charge on any atom is -0.478 e. The maximum atomic E-state index is 14.3. The lowest BCUT2D eigenvalue weighted by Crippen LogP contribution is -2.29. The van der Waals surface area contributed by atoms with Gasteiger partial charge < -0.3 is 4.74 Å². The molecule has 3 rings (SSSR count). The van der Waals surface area contributed by atoms with Crippen LogP contribution < -0.4 is 0 Å². The highest BCUT2D eigenvalue weighted by Crippen LogP contribution is 2.43. The maximum absolute atomic E-state index is 14.3. The van der Waals surface area contributed by atoms with Gasteiger partial charge in [-0.05, 0) is 66.2 Å². The van der Waals surface area contributed by atoms with Crippen LogP contribution in [0.15, 0.2) is 45.8 Å². The van der Waals surface area contributed by atoms with E-state index in [1.807, 2.05) is 0 Å². The fourth-order valence-electron chi connectivity index (χ4n) is 2.84. The number of sulfone groups is 1. The van der Waals surface area contributed by atoms with Crippen molar-refractivity contribution in [1.29, 1.82) is 0 Å². The van der Waals surface area contributed by atoms with E-state index in [2.05, 4.69) is 15.9 Å². The molecule has 0 fully saturated rings. The zero-order valence-corrected chi connectivity index (χ0v) is 17.0. The van der Waals surface area contributed by atoms with Gasteiger partial charge in [0.15, 0.2) is 15.4 Å². The van der Waals surface area contributed by atoms with Gasteiger partial charge in [-0.3, -0.25) is 4.79 Å². The fourth-order valence-corrected chi connectivity index (χ4v) is 4.83. The molecule has 0 bridgehead atoms. The zero-order valence-electron chi connectivity index (χ0n) is 14.6. The van der Waals surface area contributed by atoms with Gasteiger partial charge in [-0.1, -0.05) is 0 Å². The summed E-state index contributed by atoms with van der Waals surface area (Å²) in [6, 6.07) is 7.13. The highest BCUT2D eigenvalue weighted by molar-refractivity contribution is 9.10. The molecule has 0 unspecified atom stereocenters. The first-order valence-corrected chi connectivity index (χ1v) is 10.5. The summed E-state index contributed by atoms with van der Waals surface area (Å²) in [4.78, 5) is 12.9. The van der Waals surface area contributed by atoms with E-state index in [-0.39, 0.29) is 26.3 Å². The van der Waals surface area contributed by atoms with Crippen molar-refractivity contribution in [2.24, 2.45) is 0 Å². The van der Waals surface area contributed by atoms with Gasteiger partial charge in [0.2, 0.25) is 5.78 Å². The third-order valence-corrected chi connectivity index (χ3v) is 6.22. The smallest absolute Gasteiger partial charge is 0.210 e. The molecule has 0 aliphatic carbocycles. The first-order valence-electron chi connectivity index (χ1n) is 7.85. The number of ketones is 1. The molecule has 0 atom stereocenters. The van der Waals surface area contributed by atoms with Crippen molar-refractivity contribution >= 4 is 42.9 Å². The van der Waals surface area contributed by atoms with Gasteiger partial charge in [0, 0.05) is 21.9 Å². The van der Waals surface area contributed by atoms with Crippen LogP contribution in [-0.4, -0.2) is 26.1 Å². The quantitative estimate of drug-likeness (QED) is 0.687. The van der Waals surface area contributed by atoms with Crippen molar-refractivity contribution in [3.05, 3.63) is 63.6 Å². The molecule has 0 saturated carbocycles. The Labute approximate surface area is 163 Å². The second-order valence-electron chi connectivity index (χ2n) is 6.69. The number of halogens is 3. The van der Waals surface area contributed by atoms with Crippen LogP contribution in [0.3, 0.4) is 0 Å². The Kier molecular flexibility index (Phi) is 4.76. The van der Waals surface area contributed by atoms with E-state index in [9.17, 15) is 22.0 Å². The van der Waals surface area contributed by atoms with Gasteiger partial charge in [-0.25, -0.2) is 17.2 Å². The van der Waals surface area contributed by atoms with Gasteiger partial charge >= 0.3 is 0 Å². The Bertz CT molecular complexity index is 1100. The van der Waals surface area contributed by atoms with Crippen molar-refractivity contribution in [2.75, 3.05) is 6.26 Å². The lowest BCUT2D eigenvalue weighted by atomic mass is 9.92. The number of Topliss-reactive ketones (excluding diaryl/α,β-unsaturated/α-hetero) is 1. The van der Waals surface area contributed by atoms with E-state index in [1.54, 1.807) is 0 Å². The average molecular weight is 457 g/mol. The van der Waals surface area contributed by atoms with Crippen LogP contribution in [0.2, 0.25) is 0 Å². The molecule has 0 amide bonds. The lowest BCUT2D eigenvalue weighted by molar-refractivity contribution is -0.125. The average Bonchev–Trinajstić information content (AvgIpc) is 2.79. The number of rotatable bonds is 3. The molecule has 0 spiro atoms. The summed E-state index contributed by atoms with van der Waals surface area (Å²) in [7, 11) is -3.47. The van der Waals surface area contributed by atoms with E-state index in [1.165, 1.54) is 32.0 Å². The molecule has 8 heteroatoms. The molecule has 0 saturated heterocycles. The predicted octanol–water partition coefficient (Wildman–Crippen LogP) is 4.38. The first-order chi connectivity index (χ1) is 12.4. The molecule has 142 valence electrons. The standard InChI is InChI=1S/C19H15BrF2O4S/c1-19(2)18(23)16(12-9-11(21)5-6-14(12)22)17(26-19)10-4-7-15(13(20)8-10)27(3,24)25/h4-9H,1-3H3. The Morgan fingerprint density at radius 2 is 1.74 bits per heavy atom. The lowest BCUT2D eigenvalue weighted by Gasteiger charge is -2.18. The van der Waals surface area contributed by atoms with Crippen LogP contribution in [0.5, 0.6) is 0 Å². The SMILES string of the molecule is CC1(C)OC(c2ccc(S(C)(=O)=O)c(Br)c2)=C(c2cc(F)ccc2F)C1=O. The summed E-state index contributed by atoms with van der Waals surface area (Å²) in [5, 5.41) is 0. The maximum Gasteiger partial charge on any atom is 0.210 e. The van der Waals surface area contributed by atoms with Crippen molar-refractivity contribution in [3.8, 4) is 0 Å². The van der Waals surface area contributed by atoms with Crippen LogP contribution in [0.1, 0.15) is 25.0 Å². The minimum absolute atomic E-state index is 0.0638. The van der Waals surface area contributed by atoms with E-state index >= 15 is 0 Å². The molecule has 4 nitrogen and oxygen atoms in total. The molecule has 2 aromatic rings. The van der Waals surface area contributed by atoms with E-state index in [4.69, 9.17) is 4.74 Å². The van der Waals surface area contributed by atoms with Crippen LogP contribution in [0.25, 0.3) is 11.3 Å². The Hall–Kier alpha value is -2.06. The van der Waals surface area contributed by atoms with E-state index in [0.29, 0.717) is 5.56 Å². The van der Waals surface area contributed by atoms with Crippen LogP contribution in [-0.2, 0) is 19.4 Å². The second-order valence-corrected chi connectivity index (χ2v) is 9.53. The monoisotopic (exact) mass is 456 g/mol. The molecule has 1 aliphatic heterocycles. The number of ether oxygens (including phenoxy) is 1. The van der Waals surface area contributed by atoms with Crippen LogP contribution in [0.4, 0.5) is 8.78 Å². The molecule has 0 aromatic heterocycles. The molecule has 1 heterocycles. The predicted molar refractivity (Wildman–Crippen MR) is 101 cm³/mol. The Balaban J connectivity index is 2.27. The summed E-state index contributed by atoms with van der Waals surface area (Å²) in [6.07, 6.45) is 1.07. The third-order valence-electron chi connectivity index (χ3n) is 4.15. The normalized spacial score (nSPS) is 16.6. The van der Waals surface area contributed by atoms with Crippen LogP contribution in [0, 0.1) is 11.6 Å². The third kappa shape index (κ3) is 3.55. The number of carbonyl (C=O) groups is 1. The van der Waals surface area contributed by atoms with Gasteiger partial charge in [0.25, 0.3) is 0 Å². The highest BCUT2D eigenvalue weighted by Gasteiger charge is 2.43. The van der Waals surface area contributed by atoms with Crippen LogP contribution >= 0.6 is 15.9 Å². The van der Waals surface area contributed by atoms with E-state index in [0.717, 1.165) is 24.5 Å². The summed E-state index contributed by atoms with van der Waals surface area (Å²) < 4.78 is 57.6. The van der Waals surface area contributed by atoms with E-state index < -0.39 is 32.9 Å². The molecular weight excluding hydrogens is 442 g/mol. The van der Waals surface area contributed by atoms with Crippen molar-refractivity contribution in [2.45, 2.75) is 24.3 Å². The molecule has 1 aliphatic rings. The van der Waals surface area contributed by atoms with Gasteiger partial charge in [0.05, 0.1) is 10.5 Å². The minimum atomic E-state index is -3.47. The second kappa shape index (κ2) is 6.53. The first kappa shape index (κ1) is 19.7. The molecular formula is C19H15BrF2O4S. The highest BCUT2D eigenvalue weighted by atomic mass is 79.9. The summed E-state index contributed by atoms with van der Waals surface area (Å²) >= 11 is 3.20. The van der Waals surface area contributed by atoms with Crippen molar-refractivity contribution in [3.63, 3.8) is 0 Å². The van der Waals surface area contributed by atoms with Crippen molar-refractivity contribution in [1.82, 2.24) is 0 Å². The van der Waals surface area contributed by atoms with Crippen molar-refractivity contribution < 1.29 is 26.7 Å². The number of hydrogen-bond acceptors (Lipinski definition) is 4. The van der Waals surface area contributed by atoms with Gasteiger partial charge in [-0.15, -0.1) is 0 Å². The fraction of sp³-hybridized carbons (Fsp3) is 0.211. The Morgan fingerprint density at radius 1 is 1.07 bits per heavy atom. The number of benzene rings is 2. The summed E-state index contributed by atoms with van der Waals surface area (Å²) in [6.45, 7) is 3.05. The molecule has 0 radical (unpaired) electrons. The number of hydrogen-bond donors (Lipinski definition) is 0. The summed E-state index contributed by atoms with van der Waals surface area (Å²) in [5.41, 5.74) is -1.20. The molecule has 0 N–H and O–H groups in total. The van der Waals surface area contributed by atoms with Gasteiger partial charge in [-0.2, -0.15) is 0 Å². The van der Waals surface area contributed by atoms with Gasteiger partial charge in [0.1, 0.15) is 17.4 Å². The Morgan fingerprint density at radius 3 is 2.33 bits per heavy atom. The largest absolute Gasteiger partial charge is 0.478 e. The molecule has 2 aromatic carbocycles.